The first kappa shape index (κ1) is 42.9. The average molecular weight is 790 g/mol. The number of amides is 2. The van der Waals surface area contributed by atoms with Crippen LogP contribution in [-0.4, -0.2) is 64.7 Å². The predicted molar refractivity (Wildman–Crippen MR) is 212 cm³/mol. The summed E-state index contributed by atoms with van der Waals surface area (Å²) in [5.74, 6) is 0.485. The maximum absolute atomic E-state index is 14.5. The first-order chi connectivity index (χ1) is 25.0. The number of pyridine rings is 1. The molecule has 55 heavy (non-hydrogen) atoms. The number of ether oxygens (including phenoxy) is 3. The molecule has 4 fully saturated rings. The summed E-state index contributed by atoms with van der Waals surface area (Å²) in [5.41, 5.74) is -1.85. The number of nitrogens with zero attached hydrogens (tertiary/aromatic N) is 4. The van der Waals surface area contributed by atoms with Crippen LogP contribution >= 0.6 is 0 Å². The molecule has 0 saturated heterocycles. The van der Waals surface area contributed by atoms with Gasteiger partial charge in [0.2, 0.25) is 5.88 Å². The maximum Gasteiger partial charge on any atom is 0.420 e. The van der Waals surface area contributed by atoms with E-state index < -0.39 is 49.4 Å². The highest BCUT2D eigenvalue weighted by Crippen LogP contribution is 2.69. The number of rotatable bonds is 11. The van der Waals surface area contributed by atoms with Gasteiger partial charge in [0.15, 0.2) is 8.32 Å². The predicted octanol–water partition coefficient (Wildman–Crippen LogP) is 10.9. The Morgan fingerprint density at radius 3 is 2.11 bits per heavy atom. The lowest BCUT2D eigenvalue weighted by Gasteiger charge is -2.70. The van der Waals surface area contributed by atoms with Gasteiger partial charge in [0.05, 0.1) is 23.5 Å². The van der Waals surface area contributed by atoms with Crippen molar-refractivity contribution >= 4 is 32.0 Å². The molecule has 0 aliphatic heterocycles. The summed E-state index contributed by atoms with van der Waals surface area (Å²) in [6.45, 7) is 28.2. The Kier molecular flexibility index (Phi) is 11.4. The second-order valence-corrected chi connectivity index (χ2v) is 25.5. The Morgan fingerprint density at radius 2 is 1.56 bits per heavy atom. The number of carbonyl (C=O) groups excluding carboxylic acids is 2. The molecule has 2 aromatic heterocycles. The van der Waals surface area contributed by atoms with E-state index in [4.69, 9.17) is 23.7 Å². The molecule has 0 radical (unpaired) electrons. The van der Waals surface area contributed by atoms with Crippen LogP contribution in [0.5, 0.6) is 5.88 Å². The molecule has 2 aromatic rings. The topological polar surface area (TPSA) is 117 Å². The molecule has 0 unspecified atom stereocenters. The summed E-state index contributed by atoms with van der Waals surface area (Å²) in [7, 11) is -1.98. The SMILES string of the molecule is CC(C)(C)OC(=O)NC12CC(CCOc3cc(N(C(=O)OC(C)(C)C)c4cc([C@H]5CC[C@@H](O[Si](C)(C)C(C)(C)C)C5)nn4C(C)(C)C)cc(C(F)F)n3)(C1)C2. The molecule has 2 atom stereocenters. The fourth-order valence-corrected chi connectivity index (χ4v) is 9.30. The zero-order chi connectivity index (χ0) is 41.2. The van der Waals surface area contributed by atoms with Crippen molar-refractivity contribution < 1.29 is 37.0 Å². The van der Waals surface area contributed by atoms with E-state index >= 15 is 0 Å². The minimum absolute atomic E-state index is 0.00526. The number of halogens is 2. The molecule has 0 aromatic carbocycles. The van der Waals surface area contributed by atoms with E-state index in [0.29, 0.717) is 12.2 Å². The zero-order valence-corrected chi connectivity index (χ0v) is 36.6. The van der Waals surface area contributed by atoms with Crippen LogP contribution in [0, 0.1) is 5.41 Å². The summed E-state index contributed by atoms with van der Waals surface area (Å²) in [6, 6.07) is 4.62. The number of carbonyl (C=O) groups is 2. The molecule has 14 heteroatoms. The molecule has 6 rings (SSSR count). The van der Waals surface area contributed by atoms with Gasteiger partial charge < -0.3 is 24.0 Å². The summed E-state index contributed by atoms with van der Waals surface area (Å²) in [4.78, 5) is 32.0. The first-order valence-electron chi connectivity index (χ1n) is 19.7. The highest BCUT2D eigenvalue weighted by Gasteiger charge is 2.68. The number of aromatic nitrogens is 3. The Hall–Kier alpha value is -3.26. The molecule has 4 saturated carbocycles. The minimum Gasteiger partial charge on any atom is -0.478 e. The van der Waals surface area contributed by atoms with Gasteiger partial charge in [0.25, 0.3) is 6.43 Å². The van der Waals surface area contributed by atoms with E-state index in [-0.39, 0.29) is 46.2 Å². The normalized spacial score (nSPS) is 24.2. The van der Waals surface area contributed by atoms with Crippen molar-refractivity contribution in [3.63, 3.8) is 0 Å². The lowest BCUT2D eigenvalue weighted by Crippen LogP contribution is -2.75. The fourth-order valence-electron chi connectivity index (χ4n) is 7.90. The maximum atomic E-state index is 14.5. The van der Waals surface area contributed by atoms with Crippen LogP contribution in [0.3, 0.4) is 0 Å². The van der Waals surface area contributed by atoms with E-state index in [1.54, 1.807) is 25.5 Å². The Labute approximate surface area is 327 Å². The van der Waals surface area contributed by atoms with Crippen LogP contribution in [-0.2, 0) is 19.4 Å². The van der Waals surface area contributed by atoms with Crippen molar-refractivity contribution in [2.24, 2.45) is 5.41 Å². The van der Waals surface area contributed by atoms with Gasteiger partial charge in [-0.15, -0.1) is 0 Å². The monoisotopic (exact) mass is 789 g/mol. The Bertz CT molecular complexity index is 1720. The third kappa shape index (κ3) is 10.0. The molecule has 308 valence electrons. The average Bonchev–Trinajstić information content (AvgIpc) is 3.60. The highest BCUT2D eigenvalue weighted by molar-refractivity contribution is 6.74. The van der Waals surface area contributed by atoms with E-state index in [9.17, 15) is 18.4 Å². The number of hydrogen-bond donors (Lipinski definition) is 1. The number of hydrogen-bond acceptors (Lipinski definition) is 8. The summed E-state index contributed by atoms with van der Waals surface area (Å²) in [5, 5.41) is 8.19. The van der Waals surface area contributed by atoms with Gasteiger partial charge >= 0.3 is 12.2 Å². The van der Waals surface area contributed by atoms with Gasteiger partial charge in [-0.1, -0.05) is 20.8 Å². The number of alkyl carbamates (subject to hydrolysis) is 1. The van der Waals surface area contributed by atoms with Crippen molar-refractivity contribution in [2.45, 2.75) is 187 Å². The van der Waals surface area contributed by atoms with E-state index in [2.05, 4.69) is 44.2 Å². The number of anilines is 2. The molecular formula is C41H65F2N5O6Si. The molecule has 2 amide bonds. The smallest absolute Gasteiger partial charge is 0.420 e. The molecule has 4 aliphatic carbocycles. The van der Waals surface area contributed by atoms with Crippen LogP contribution in [0.25, 0.3) is 0 Å². The molecule has 11 nitrogen and oxygen atoms in total. The molecule has 2 heterocycles. The Morgan fingerprint density at radius 1 is 0.945 bits per heavy atom. The van der Waals surface area contributed by atoms with Gasteiger partial charge in [-0.25, -0.2) is 32.9 Å². The summed E-state index contributed by atoms with van der Waals surface area (Å²) < 4.78 is 54.9. The van der Waals surface area contributed by atoms with Crippen LogP contribution in [0.1, 0.15) is 152 Å². The minimum atomic E-state index is -2.92. The molecule has 2 bridgehead atoms. The van der Waals surface area contributed by atoms with Gasteiger partial charge in [0.1, 0.15) is 22.7 Å². The number of alkyl halides is 2. The second kappa shape index (κ2) is 14.6. The highest BCUT2D eigenvalue weighted by atomic mass is 28.4. The third-order valence-electron chi connectivity index (χ3n) is 11.3. The van der Waals surface area contributed by atoms with Crippen LogP contribution in [0.15, 0.2) is 18.2 Å². The lowest BCUT2D eigenvalue weighted by atomic mass is 9.38. The summed E-state index contributed by atoms with van der Waals surface area (Å²) in [6.07, 6.45) is 1.71. The van der Waals surface area contributed by atoms with Crippen molar-refractivity contribution in [1.29, 1.82) is 0 Å². The van der Waals surface area contributed by atoms with Gasteiger partial charge in [-0.3, -0.25) is 0 Å². The first-order valence-corrected chi connectivity index (χ1v) is 22.7. The van der Waals surface area contributed by atoms with E-state index in [1.807, 2.05) is 47.6 Å². The van der Waals surface area contributed by atoms with Gasteiger partial charge in [-0.05, 0) is 137 Å². The molecule has 0 spiro atoms. The quantitative estimate of drug-likeness (QED) is 0.224. The summed E-state index contributed by atoms with van der Waals surface area (Å²) >= 11 is 0. The van der Waals surface area contributed by atoms with Crippen LogP contribution < -0.4 is 15.0 Å². The standard InChI is InChI=1S/C41H65F2N5O6Si/c1-36(2,3)48-32(22-29(46-48)26-15-16-28(19-26)54-55(13,14)39(10,11)12)47(35(50)53-38(7,8)9)27-20-30(33(42)43)44-31(21-27)51-18-17-40-23-41(24-40,25-40)45-34(49)52-37(4,5)6/h20-22,26,28,33H,15-19,23-25H2,1-14H3,(H,45,49)/t26-,28+,40?,41?/m0/s1. The van der Waals surface area contributed by atoms with Crippen LogP contribution in [0.4, 0.5) is 29.9 Å². The van der Waals surface area contributed by atoms with E-state index in [0.717, 1.165) is 44.2 Å². The number of nitrogens with one attached hydrogen (secondary N) is 1. The van der Waals surface area contributed by atoms with Gasteiger partial charge in [-0.2, -0.15) is 5.10 Å². The molecule has 4 aliphatic rings. The van der Waals surface area contributed by atoms with Crippen molar-refractivity contribution in [2.75, 3.05) is 11.5 Å². The zero-order valence-electron chi connectivity index (χ0n) is 35.6. The largest absolute Gasteiger partial charge is 0.478 e. The van der Waals surface area contributed by atoms with Gasteiger partial charge in [0, 0.05) is 29.7 Å². The Balaban J connectivity index is 1.40. The second-order valence-electron chi connectivity index (χ2n) is 20.8. The third-order valence-corrected chi connectivity index (χ3v) is 15.8. The van der Waals surface area contributed by atoms with Crippen molar-refractivity contribution in [3.8, 4) is 5.88 Å². The van der Waals surface area contributed by atoms with Crippen molar-refractivity contribution in [1.82, 2.24) is 20.1 Å². The van der Waals surface area contributed by atoms with Crippen molar-refractivity contribution in [3.05, 3.63) is 29.6 Å². The fraction of sp³-hybridized carbons (Fsp3) is 0.756. The lowest BCUT2D eigenvalue weighted by molar-refractivity contribution is -0.160. The van der Waals surface area contributed by atoms with Crippen LogP contribution in [0.2, 0.25) is 18.1 Å². The van der Waals surface area contributed by atoms with E-state index in [1.165, 1.54) is 17.0 Å². The molecule has 1 N–H and O–H groups in total. The molecular weight excluding hydrogens is 725 g/mol.